The number of benzene rings is 1. The summed E-state index contributed by atoms with van der Waals surface area (Å²) in [6.07, 6.45) is 4.54. The molecule has 0 spiro atoms. The van der Waals surface area contributed by atoms with Crippen molar-refractivity contribution in [2.24, 2.45) is 0 Å². The maximum atomic E-state index is 14.8. The highest BCUT2D eigenvalue weighted by molar-refractivity contribution is 5.91. The molecule has 5 nitrogen and oxygen atoms in total. The molecule has 3 aromatic heterocycles. The monoisotopic (exact) mass is 458 g/mol. The Labute approximate surface area is 196 Å². The Kier molecular flexibility index (Phi) is 6.72. The number of anilines is 1. The van der Waals surface area contributed by atoms with Crippen LogP contribution in [-0.2, 0) is 17.1 Å². The van der Waals surface area contributed by atoms with Gasteiger partial charge >= 0.3 is 0 Å². The van der Waals surface area contributed by atoms with Gasteiger partial charge in [-0.05, 0) is 66.1 Å². The van der Waals surface area contributed by atoms with Crippen LogP contribution in [0.1, 0.15) is 30.2 Å². The van der Waals surface area contributed by atoms with E-state index in [2.05, 4.69) is 20.3 Å². The van der Waals surface area contributed by atoms with Gasteiger partial charge in [-0.1, -0.05) is 25.1 Å². The maximum absolute atomic E-state index is 14.8. The van der Waals surface area contributed by atoms with Crippen molar-refractivity contribution in [3.05, 3.63) is 96.1 Å². The minimum Gasteiger partial charge on any atom is -0.310 e. The molecule has 4 rings (SSSR count). The average molecular weight is 459 g/mol. The van der Waals surface area contributed by atoms with Crippen LogP contribution in [0.5, 0.6) is 0 Å². The average Bonchev–Trinajstić information content (AvgIpc) is 2.85. The van der Waals surface area contributed by atoms with Gasteiger partial charge in [0.05, 0.1) is 12.1 Å². The number of amides is 1. The van der Waals surface area contributed by atoms with Gasteiger partial charge in [0.2, 0.25) is 5.91 Å². The van der Waals surface area contributed by atoms with Gasteiger partial charge in [0.15, 0.2) is 0 Å². The molecule has 3 heterocycles. The summed E-state index contributed by atoms with van der Waals surface area (Å²) in [6.45, 7) is 3.26. The van der Waals surface area contributed by atoms with E-state index in [0.29, 0.717) is 22.5 Å². The molecule has 0 aliphatic heterocycles. The number of carbonyl (C=O) groups excluding carboxylic acids is 1. The first kappa shape index (κ1) is 23.2. The molecule has 0 fully saturated rings. The number of rotatable bonds is 7. The molecule has 0 bridgehead atoms. The highest BCUT2D eigenvalue weighted by Gasteiger charge is 2.32. The van der Waals surface area contributed by atoms with Crippen LogP contribution in [0.15, 0.2) is 79.3 Å². The maximum Gasteiger partial charge on any atom is 0.273 e. The topological polar surface area (TPSA) is 67.8 Å². The summed E-state index contributed by atoms with van der Waals surface area (Å²) in [6, 6.07) is 17.4. The zero-order chi connectivity index (χ0) is 24.1. The molecule has 0 saturated heterocycles. The highest BCUT2D eigenvalue weighted by atomic mass is 19.3. The van der Waals surface area contributed by atoms with Crippen molar-refractivity contribution in [3.63, 3.8) is 0 Å². The molecule has 0 unspecified atom stereocenters. The first-order valence-electron chi connectivity index (χ1n) is 11.0. The van der Waals surface area contributed by atoms with Crippen LogP contribution in [0.4, 0.5) is 14.6 Å². The molecule has 4 aromatic rings. The summed E-state index contributed by atoms with van der Waals surface area (Å²) >= 11 is 0. The molecule has 1 amide bonds. The number of halogens is 2. The number of alkyl halides is 2. The second kappa shape index (κ2) is 9.87. The molecular formula is C27H24F2N4O. The summed E-state index contributed by atoms with van der Waals surface area (Å²) in [7, 11) is 0. The zero-order valence-electron chi connectivity index (χ0n) is 18.9. The molecule has 1 N–H and O–H groups in total. The molecular weight excluding hydrogens is 434 g/mol. The number of hydrogen-bond acceptors (Lipinski definition) is 4. The summed E-state index contributed by atoms with van der Waals surface area (Å²) in [5, 5.41) is 2.73. The van der Waals surface area contributed by atoms with E-state index in [1.165, 1.54) is 13.0 Å². The lowest BCUT2D eigenvalue weighted by Crippen LogP contribution is -2.17. The molecule has 0 saturated carbocycles. The summed E-state index contributed by atoms with van der Waals surface area (Å²) in [5.41, 5.74) is 3.86. The number of nitrogens with one attached hydrogen (secondary N) is 1. The number of aromatic nitrogens is 3. The minimum atomic E-state index is -3.03. The Bertz CT molecular complexity index is 1290. The summed E-state index contributed by atoms with van der Waals surface area (Å²) < 4.78 is 29.7. The standard InChI is InChI=1S/C27H24F2N4O/c1-3-27(28,29)23-15-19(7-9-22(23)20-11-13-30-18(2)14-20)16-26(34)33-25-10-8-21(17-32-25)24-6-4-5-12-31-24/h4-15,17H,3,16H2,1-2H3,(H,32,33,34). The molecule has 34 heavy (non-hydrogen) atoms. The second-order valence-electron chi connectivity index (χ2n) is 8.00. The lowest BCUT2D eigenvalue weighted by molar-refractivity contribution is -0.115. The van der Waals surface area contributed by atoms with E-state index >= 15 is 0 Å². The van der Waals surface area contributed by atoms with E-state index in [1.807, 2.05) is 31.2 Å². The predicted octanol–water partition coefficient (Wildman–Crippen LogP) is 6.20. The van der Waals surface area contributed by atoms with E-state index in [1.54, 1.807) is 48.9 Å². The third-order valence-corrected chi connectivity index (χ3v) is 5.49. The lowest BCUT2D eigenvalue weighted by Gasteiger charge is -2.20. The van der Waals surface area contributed by atoms with Crippen LogP contribution in [0.25, 0.3) is 22.4 Å². The van der Waals surface area contributed by atoms with Crippen molar-refractivity contribution < 1.29 is 13.6 Å². The summed E-state index contributed by atoms with van der Waals surface area (Å²) in [5.74, 6) is -2.98. The van der Waals surface area contributed by atoms with Crippen molar-refractivity contribution >= 4 is 11.7 Å². The third-order valence-electron chi connectivity index (χ3n) is 5.49. The van der Waals surface area contributed by atoms with Gasteiger partial charge in [0.1, 0.15) is 5.82 Å². The van der Waals surface area contributed by atoms with Crippen LogP contribution in [0, 0.1) is 6.92 Å². The van der Waals surface area contributed by atoms with Crippen LogP contribution in [-0.4, -0.2) is 20.9 Å². The van der Waals surface area contributed by atoms with Gasteiger partial charge in [-0.3, -0.25) is 14.8 Å². The second-order valence-corrected chi connectivity index (χ2v) is 8.00. The van der Waals surface area contributed by atoms with Gasteiger partial charge in [0.25, 0.3) is 5.92 Å². The Morgan fingerprint density at radius 1 is 0.941 bits per heavy atom. The predicted molar refractivity (Wildman–Crippen MR) is 128 cm³/mol. The summed E-state index contributed by atoms with van der Waals surface area (Å²) in [4.78, 5) is 25.3. The smallest absolute Gasteiger partial charge is 0.273 e. The van der Waals surface area contributed by atoms with E-state index in [9.17, 15) is 13.6 Å². The van der Waals surface area contributed by atoms with Crippen molar-refractivity contribution in [2.45, 2.75) is 32.6 Å². The van der Waals surface area contributed by atoms with Crippen LogP contribution >= 0.6 is 0 Å². The Hall–Kier alpha value is -4.00. The van der Waals surface area contributed by atoms with Crippen molar-refractivity contribution in [2.75, 3.05) is 5.32 Å². The van der Waals surface area contributed by atoms with Gasteiger partial charge in [0, 0.05) is 41.8 Å². The lowest BCUT2D eigenvalue weighted by atomic mass is 9.92. The molecule has 172 valence electrons. The fourth-order valence-electron chi connectivity index (χ4n) is 3.68. The number of carbonyl (C=O) groups is 1. The Morgan fingerprint density at radius 3 is 2.47 bits per heavy atom. The van der Waals surface area contributed by atoms with E-state index in [-0.39, 0.29) is 24.3 Å². The fourth-order valence-corrected chi connectivity index (χ4v) is 3.68. The van der Waals surface area contributed by atoms with Crippen LogP contribution in [0.3, 0.4) is 0 Å². The first-order chi connectivity index (χ1) is 16.4. The zero-order valence-corrected chi connectivity index (χ0v) is 18.9. The Balaban J connectivity index is 1.53. The van der Waals surface area contributed by atoms with Gasteiger partial charge < -0.3 is 5.32 Å². The van der Waals surface area contributed by atoms with Crippen molar-refractivity contribution in [1.82, 2.24) is 15.0 Å². The number of nitrogens with zero attached hydrogens (tertiary/aromatic N) is 3. The molecule has 0 atom stereocenters. The molecule has 0 aliphatic rings. The molecule has 1 aromatic carbocycles. The van der Waals surface area contributed by atoms with E-state index in [0.717, 1.165) is 17.0 Å². The largest absolute Gasteiger partial charge is 0.310 e. The minimum absolute atomic E-state index is 0.0495. The number of pyridine rings is 3. The van der Waals surface area contributed by atoms with E-state index < -0.39 is 5.92 Å². The van der Waals surface area contributed by atoms with Gasteiger partial charge in [-0.15, -0.1) is 0 Å². The molecule has 0 aliphatic carbocycles. The first-order valence-corrected chi connectivity index (χ1v) is 11.0. The third kappa shape index (κ3) is 5.31. The van der Waals surface area contributed by atoms with Crippen molar-refractivity contribution in [1.29, 1.82) is 0 Å². The Morgan fingerprint density at radius 2 is 1.79 bits per heavy atom. The number of aryl methyl sites for hydroxylation is 1. The highest BCUT2D eigenvalue weighted by Crippen LogP contribution is 2.39. The van der Waals surface area contributed by atoms with Gasteiger partial charge in [-0.2, -0.15) is 0 Å². The van der Waals surface area contributed by atoms with E-state index in [4.69, 9.17) is 0 Å². The SMILES string of the molecule is CCC(F)(F)c1cc(CC(=O)Nc2ccc(-c3ccccn3)cn2)ccc1-c1ccnc(C)c1. The fraction of sp³-hybridized carbons (Fsp3) is 0.185. The van der Waals surface area contributed by atoms with Crippen LogP contribution in [0.2, 0.25) is 0 Å². The normalized spacial score (nSPS) is 11.3. The quantitative estimate of drug-likeness (QED) is 0.358. The van der Waals surface area contributed by atoms with Crippen LogP contribution < -0.4 is 5.32 Å². The van der Waals surface area contributed by atoms with Gasteiger partial charge in [-0.25, -0.2) is 13.8 Å². The number of hydrogen-bond donors (Lipinski definition) is 1. The van der Waals surface area contributed by atoms with Crippen molar-refractivity contribution in [3.8, 4) is 22.4 Å². The molecule has 0 radical (unpaired) electrons. The molecule has 7 heteroatoms.